The summed E-state index contributed by atoms with van der Waals surface area (Å²) in [7, 11) is 1.44. The van der Waals surface area contributed by atoms with Crippen LogP contribution in [-0.4, -0.2) is 48.4 Å². The first-order valence-corrected chi connectivity index (χ1v) is 8.67. The van der Waals surface area contributed by atoms with Gasteiger partial charge in [0.2, 0.25) is 5.90 Å². The minimum atomic E-state index is -0.601. The molecule has 6 nitrogen and oxygen atoms in total. The van der Waals surface area contributed by atoms with Crippen LogP contribution in [0.25, 0.3) is 0 Å². The first-order chi connectivity index (χ1) is 13.2. The fraction of sp³-hybridized carbons (Fsp3) is 0.238. The molecule has 0 radical (unpaired) electrons. The lowest BCUT2D eigenvalue weighted by Gasteiger charge is -2.09. The van der Waals surface area contributed by atoms with E-state index in [1.54, 1.807) is 0 Å². The molecule has 0 fully saturated rings. The van der Waals surface area contributed by atoms with Crippen LogP contribution in [0.5, 0.6) is 0 Å². The summed E-state index contributed by atoms with van der Waals surface area (Å²) >= 11 is 0. The second kappa shape index (κ2) is 8.88. The topological polar surface area (TPSA) is 74.2 Å². The number of carbonyl (C=O) groups is 1. The van der Waals surface area contributed by atoms with Crippen molar-refractivity contribution in [2.75, 3.05) is 20.2 Å². The third-order valence-electron chi connectivity index (χ3n) is 4.05. The van der Waals surface area contributed by atoms with Crippen LogP contribution in [0.2, 0.25) is 0 Å². The molecule has 0 saturated carbocycles. The van der Waals surface area contributed by atoms with Crippen LogP contribution in [0.4, 0.5) is 4.79 Å². The Kier molecular flexibility index (Phi) is 6.08. The minimum absolute atomic E-state index is 0.0828. The van der Waals surface area contributed by atoms with Crippen LogP contribution in [0, 0.1) is 11.8 Å². The molecule has 0 aliphatic carbocycles. The number of benzene rings is 2. The zero-order valence-corrected chi connectivity index (χ0v) is 15.1. The number of hydroxylamine groups is 2. The highest BCUT2D eigenvalue weighted by molar-refractivity contribution is 5.95. The maximum Gasteiger partial charge on any atom is 0.341 e. The van der Waals surface area contributed by atoms with Crippen molar-refractivity contribution in [3.05, 3.63) is 71.3 Å². The van der Waals surface area contributed by atoms with Gasteiger partial charge in [0.25, 0.3) is 0 Å². The number of hydrogen-bond donors (Lipinski definition) is 2. The van der Waals surface area contributed by atoms with Gasteiger partial charge in [-0.15, -0.1) is 0 Å². The quantitative estimate of drug-likeness (QED) is 0.498. The van der Waals surface area contributed by atoms with Crippen LogP contribution in [0.15, 0.2) is 59.6 Å². The molecule has 6 heteroatoms. The van der Waals surface area contributed by atoms with Crippen molar-refractivity contribution in [1.29, 1.82) is 0 Å². The van der Waals surface area contributed by atoms with Gasteiger partial charge < -0.3 is 10.1 Å². The van der Waals surface area contributed by atoms with Gasteiger partial charge >= 0.3 is 6.03 Å². The number of nitrogens with one attached hydrogen (secondary N) is 1. The van der Waals surface area contributed by atoms with Gasteiger partial charge in [-0.25, -0.2) is 9.79 Å². The number of hydrogen-bond acceptors (Lipinski definition) is 4. The van der Waals surface area contributed by atoms with E-state index >= 15 is 0 Å². The summed E-state index contributed by atoms with van der Waals surface area (Å²) in [5.74, 6) is 6.31. The largest absolute Gasteiger partial charge is 0.475 e. The summed E-state index contributed by atoms with van der Waals surface area (Å²) in [5.41, 5.74) is 2.86. The van der Waals surface area contributed by atoms with Crippen molar-refractivity contribution in [1.82, 2.24) is 10.4 Å². The molecule has 0 unspecified atom stereocenters. The van der Waals surface area contributed by atoms with E-state index in [-0.39, 0.29) is 12.6 Å². The van der Waals surface area contributed by atoms with Crippen LogP contribution >= 0.6 is 0 Å². The van der Waals surface area contributed by atoms with Gasteiger partial charge in [0, 0.05) is 18.2 Å². The number of ether oxygens (including phenoxy) is 1. The van der Waals surface area contributed by atoms with E-state index in [0.717, 1.165) is 17.5 Å². The van der Waals surface area contributed by atoms with E-state index in [4.69, 9.17) is 4.74 Å². The lowest BCUT2D eigenvalue weighted by Crippen LogP contribution is -2.35. The zero-order chi connectivity index (χ0) is 19.1. The molecular formula is C21H21N3O3. The number of carbonyl (C=O) groups excluding carboxylic acids is 1. The molecule has 27 heavy (non-hydrogen) atoms. The van der Waals surface area contributed by atoms with Gasteiger partial charge in [0.15, 0.2) is 0 Å². The van der Waals surface area contributed by atoms with Crippen LogP contribution in [0.1, 0.15) is 16.7 Å². The van der Waals surface area contributed by atoms with Crippen molar-refractivity contribution >= 4 is 11.9 Å². The summed E-state index contributed by atoms with van der Waals surface area (Å²) in [5, 5.41) is 12.3. The fourth-order valence-corrected chi connectivity index (χ4v) is 2.71. The van der Waals surface area contributed by atoms with Gasteiger partial charge in [0.05, 0.1) is 6.04 Å². The van der Waals surface area contributed by atoms with Crippen molar-refractivity contribution in [3.8, 4) is 11.8 Å². The molecule has 2 aromatic rings. The SMILES string of the molecule is CNC(=O)N(O)CC#Cc1cccc(C2=N[C@H](Cc3ccccc3)CO2)c1. The number of aliphatic imine (C=N–C) groups is 1. The molecular weight excluding hydrogens is 342 g/mol. The van der Waals surface area contributed by atoms with E-state index in [1.165, 1.54) is 12.6 Å². The lowest BCUT2D eigenvalue weighted by molar-refractivity contribution is -0.0301. The molecule has 0 aromatic heterocycles. The number of amides is 2. The molecule has 1 atom stereocenters. The van der Waals surface area contributed by atoms with Gasteiger partial charge in [-0.1, -0.05) is 48.2 Å². The van der Waals surface area contributed by atoms with E-state index in [1.807, 2.05) is 42.5 Å². The van der Waals surface area contributed by atoms with Crippen molar-refractivity contribution in [2.24, 2.45) is 4.99 Å². The average molecular weight is 363 g/mol. The Labute approximate surface area is 158 Å². The summed E-state index contributed by atoms with van der Waals surface area (Å²) < 4.78 is 5.77. The maximum atomic E-state index is 11.2. The second-order valence-electron chi connectivity index (χ2n) is 6.08. The Balaban J connectivity index is 1.65. The van der Waals surface area contributed by atoms with E-state index in [9.17, 15) is 10.0 Å². The molecule has 3 rings (SSSR count). The van der Waals surface area contributed by atoms with Gasteiger partial charge in [-0.05, 0) is 30.2 Å². The van der Waals surface area contributed by atoms with Crippen molar-refractivity contribution in [2.45, 2.75) is 12.5 Å². The molecule has 0 bridgehead atoms. The number of urea groups is 1. The summed E-state index contributed by atoms with van der Waals surface area (Å²) in [4.78, 5) is 15.9. The third kappa shape index (κ3) is 5.09. The molecule has 0 saturated heterocycles. The first-order valence-electron chi connectivity index (χ1n) is 8.67. The summed E-state index contributed by atoms with van der Waals surface area (Å²) in [6.07, 6.45) is 0.843. The summed E-state index contributed by atoms with van der Waals surface area (Å²) in [6.45, 7) is 0.478. The summed E-state index contributed by atoms with van der Waals surface area (Å²) in [6, 6.07) is 17.3. The monoisotopic (exact) mass is 363 g/mol. The standard InChI is InChI=1S/C21H21N3O3/c1-22-21(25)24(26)12-6-10-16-9-5-11-18(13-16)20-23-19(15-27-20)14-17-7-3-2-4-8-17/h2-5,7-9,11,13,19,26H,12,14-15H2,1H3,(H,22,25)/t19-/m1/s1. The van der Waals surface area contributed by atoms with Crippen LogP contribution in [-0.2, 0) is 11.2 Å². The van der Waals surface area contributed by atoms with Crippen molar-refractivity contribution in [3.63, 3.8) is 0 Å². The average Bonchev–Trinajstić information content (AvgIpc) is 3.17. The second-order valence-corrected chi connectivity index (χ2v) is 6.08. The van der Waals surface area contributed by atoms with E-state index in [0.29, 0.717) is 17.6 Å². The highest BCUT2D eigenvalue weighted by Gasteiger charge is 2.20. The Morgan fingerprint density at radius 3 is 2.89 bits per heavy atom. The Morgan fingerprint density at radius 2 is 2.11 bits per heavy atom. The third-order valence-corrected chi connectivity index (χ3v) is 4.05. The van der Waals surface area contributed by atoms with Gasteiger partial charge in [0.1, 0.15) is 13.2 Å². The smallest absolute Gasteiger partial charge is 0.341 e. The molecule has 1 heterocycles. The highest BCUT2D eigenvalue weighted by atomic mass is 16.5. The van der Waals surface area contributed by atoms with Gasteiger partial charge in [-0.2, -0.15) is 5.06 Å². The first kappa shape index (κ1) is 18.5. The van der Waals surface area contributed by atoms with E-state index in [2.05, 4.69) is 34.3 Å². The van der Waals surface area contributed by atoms with Crippen LogP contribution < -0.4 is 5.32 Å². The lowest BCUT2D eigenvalue weighted by atomic mass is 10.1. The Morgan fingerprint density at radius 1 is 1.30 bits per heavy atom. The molecule has 2 N–H and O–H groups in total. The molecule has 2 aromatic carbocycles. The predicted octanol–water partition coefficient (Wildman–Crippen LogP) is 2.46. The Bertz CT molecular complexity index is 884. The molecule has 0 spiro atoms. The normalized spacial score (nSPS) is 15.2. The maximum absolute atomic E-state index is 11.2. The Hall–Kier alpha value is -3.30. The molecule has 138 valence electrons. The minimum Gasteiger partial charge on any atom is -0.475 e. The highest BCUT2D eigenvalue weighted by Crippen LogP contribution is 2.16. The predicted molar refractivity (Wildman–Crippen MR) is 103 cm³/mol. The van der Waals surface area contributed by atoms with Crippen molar-refractivity contribution < 1.29 is 14.7 Å². The zero-order valence-electron chi connectivity index (χ0n) is 15.1. The molecule has 2 amide bonds. The van der Waals surface area contributed by atoms with E-state index < -0.39 is 6.03 Å². The number of nitrogens with zero attached hydrogens (tertiary/aromatic N) is 2. The fourth-order valence-electron chi connectivity index (χ4n) is 2.71. The molecule has 1 aliphatic heterocycles. The van der Waals surface area contributed by atoms with Crippen LogP contribution in [0.3, 0.4) is 0 Å². The number of rotatable bonds is 4. The van der Waals surface area contributed by atoms with Gasteiger partial charge in [-0.3, -0.25) is 5.21 Å². The molecule has 1 aliphatic rings.